The molecule has 3 aromatic heterocycles. The van der Waals surface area contributed by atoms with Gasteiger partial charge in [0, 0.05) is 19.2 Å². The average Bonchev–Trinajstić information content (AvgIpc) is 3.55. The number of halogens is 4. The molecule has 0 radical (unpaired) electrons. The van der Waals surface area contributed by atoms with Crippen molar-refractivity contribution in [3.8, 4) is 22.9 Å². The van der Waals surface area contributed by atoms with E-state index in [0.29, 0.717) is 24.5 Å². The predicted octanol–water partition coefficient (Wildman–Crippen LogP) is 5.12. The Bertz CT molecular complexity index is 1490. The Morgan fingerprint density at radius 2 is 2.00 bits per heavy atom. The first-order valence-electron chi connectivity index (χ1n) is 10.0. The summed E-state index contributed by atoms with van der Waals surface area (Å²) in [5.41, 5.74) is 5.50. The Balaban J connectivity index is 0.000000364. The van der Waals surface area contributed by atoms with E-state index in [2.05, 4.69) is 19.9 Å². The lowest BCUT2D eigenvalue weighted by molar-refractivity contribution is -0.192. The van der Waals surface area contributed by atoms with Crippen LogP contribution in [0, 0.1) is 5.82 Å². The summed E-state index contributed by atoms with van der Waals surface area (Å²) in [6, 6.07) is 11.0. The van der Waals surface area contributed by atoms with Gasteiger partial charge in [-0.1, -0.05) is 6.07 Å². The number of imidazole rings is 2. The van der Waals surface area contributed by atoms with Crippen molar-refractivity contribution in [3.63, 3.8) is 0 Å². The number of carboxylic acids is 1. The molecule has 0 saturated carbocycles. The van der Waals surface area contributed by atoms with Crippen molar-refractivity contribution in [3.05, 3.63) is 53.9 Å². The van der Waals surface area contributed by atoms with Crippen molar-refractivity contribution >= 4 is 38.6 Å². The highest BCUT2D eigenvalue weighted by atomic mass is 32.1. The fraction of sp³-hybridized carbons (Fsp3) is 0.182. The molecule has 3 heterocycles. The van der Waals surface area contributed by atoms with Gasteiger partial charge in [-0.2, -0.15) is 13.2 Å². The Labute approximate surface area is 198 Å². The number of fused-ring (bicyclic) bond motifs is 2. The van der Waals surface area contributed by atoms with Crippen LogP contribution in [0.3, 0.4) is 0 Å². The maximum Gasteiger partial charge on any atom is 0.490 e. The maximum absolute atomic E-state index is 14.3. The van der Waals surface area contributed by atoms with Gasteiger partial charge in [0.1, 0.15) is 17.0 Å². The van der Waals surface area contributed by atoms with Crippen molar-refractivity contribution in [2.45, 2.75) is 12.7 Å². The number of benzene rings is 2. The monoisotopic (exact) mass is 507 g/mol. The molecule has 0 aliphatic rings. The van der Waals surface area contributed by atoms with E-state index in [4.69, 9.17) is 14.6 Å². The normalized spacial score (nSPS) is 11.6. The van der Waals surface area contributed by atoms with Crippen molar-refractivity contribution in [1.29, 1.82) is 0 Å². The fourth-order valence-electron chi connectivity index (χ4n) is 3.31. The highest BCUT2D eigenvalue weighted by molar-refractivity contribution is 7.16. The minimum Gasteiger partial charge on any atom is -0.475 e. The van der Waals surface area contributed by atoms with Gasteiger partial charge >= 0.3 is 12.1 Å². The molecule has 13 heteroatoms. The molecule has 0 aliphatic carbocycles. The number of thiazole rings is 1. The second kappa shape index (κ2) is 9.80. The zero-order chi connectivity index (χ0) is 25.2. The van der Waals surface area contributed by atoms with Crippen molar-refractivity contribution in [2.24, 2.45) is 0 Å². The number of nitrogens with zero attached hydrogens (tertiary/aromatic N) is 4. The number of aliphatic carboxylic acids is 1. The van der Waals surface area contributed by atoms with Crippen LogP contribution in [0.15, 0.2) is 48.1 Å². The van der Waals surface area contributed by atoms with Gasteiger partial charge in [-0.05, 0) is 30.3 Å². The molecule has 8 nitrogen and oxygen atoms in total. The summed E-state index contributed by atoms with van der Waals surface area (Å²) in [6.07, 6.45) is -3.36. The molecule has 0 saturated heterocycles. The SMILES string of the molecule is COCCn1c(-c2cnc(-c3ccc4scnc4c3)[nH]2)nc2c(F)cccc21.O=C(O)C(F)(F)F. The molecule has 35 heavy (non-hydrogen) atoms. The van der Waals surface area contributed by atoms with E-state index in [1.807, 2.05) is 34.3 Å². The Morgan fingerprint density at radius 1 is 1.23 bits per heavy atom. The van der Waals surface area contributed by atoms with Crippen LogP contribution >= 0.6 is 11.3 Å². The van der Waals surface area contributed by atoms with Gasteiger partial charge in [-0.3, -0.25) is 0 Å². The van der Waals surface area contributed by atoms with Gasteiger partial charge in [0.15, 0.2) is 11.6 Å². The number of nitrogens with one attached hydrogen (secondary N) is 1. The highest BCUT2D eigenvalue weighted by Gasteiger charge is 2.38. The van der Waals surface area contributed by atoms with E-state index in [1.54, 1.807) is 30.7 Å². The first kappa shape index (κ1) is 24.3. The smallest absolute Gasteiger partial charge is 0.475 e. The first-order valence-corrected chi connectivity index (χ1v) is 10.9. The molecule has 5 aromatic rings. The largest absolute Gasteiger partial charge is 0.490 e. The second-order valence-corrected chi connectivity index (χ2v) is 8.06. The van der Waals surface area contributed by atoms with Crippen LogP contribution < -0.4 is 0 Å². The second-order valence-electron chi connectivity index (χ2n) is 7.17. The van der Waals surface area contributed by atoms with Crippen LogP contribution in [0.4, 0.5) is 17.6 Å². The molecule has 5 rings (SSSR count). The van der Waals surface area contributed by atoms with E-state index >= 15 is 0 Å². The molecule has 0 unspecified atom stereocenters. The van der Waals surface area contributed by atoms with E-state index in [1.165, 1.54) is 6.07 Å². The number of aromatic amines is 1. The van der Waals surface area contributed by atoms with E-state index in [-0.39, 0.29) is 5.82 Å². The van der Waals surface area contributed by atoms with Crippen LogP contribution in [0.5, 0.6) is 0 Å². The lowest BCUT2D eigenvalue weighted by Gasteiger charge is -2.07. The Morgan fingerprint density at radius 3 is 2.71 bits per heavy atom. The molecule has 2 aromatic carbocycles. The third kappa shape index (κ3) is 5.15. The molecule has 0 fully saturated rings. The Kier molecular flexibility index (Phi) is 6.80. The van der Waals surface area contributed by atoms with E-state index < -0.39 is 12.1 Å². The van der Waals surface area contributed by atoms with Gasteiger partial charge in [0.05, 0.1) is 34.0 Å². The quantitative estimate of drug-likeness (QED) is 0.320. The zero-order valence-electron chi connectivity index (χ0n) is 18.0. The summed E-state index contributed by atoms with van der Waals surface area (Å²) in [5.74, 6) is -1.75. The highest BCUT2D eigenvalue weighted by Crippen LogP contribution is 2.29. The number of alkyl halides is 3. The number of carbonyl (C=O) groups is 1. The predicted molar refractivity (Wildman–Crippen MR) is 121 cm³/mol. The number of para-hydroxylation sites is 1. The molecule has 0 spiro atoms. The zero-order valence-corrected chi connectivity index (χ0v) is 18.8. The van der Waals surface area contributed by atoms with Crippen LogP contribution in [0.2, 0.25) is 0 Å². The topological polar surface area (TPSA) is 106 Å². The molecule has 0 aliphatic heterocycles. The van der Waals surface area contributed by atoms with E-state index in [9.17, 15) is 17.6 Å². The maximum atomic E-state index is 14.3. The number of H-pyrrole nitrogens is 1. The summed E-state index contributed by atoms with van der Waals surface area (Å²) >= 11 is 1.60. The summed E-state index contributed by atoms with van der Waals surface area (Å²) in [7, 11) is 1.64. The average molecular weight is 507 g/mol. The third-order valence-corrected chi connectivity index (χ3v) is 5.72. The molecule has 2 N–H and O–H groups in total. The number of hydrogen-bond donors (Lipinski definition) is 2. The molecule has 0 atom stereocenters. The van der Waals surface area contributed by atoms with Crippen molar-refractivity contribution in [2.75, 3.05) is 13.7 Å². The summed E-state index contributed by atoms with van der Waals surface area (Å²) < 4.78 is 54.3. The lowest BCUT2D eigenvalue weighted by Crippen LogP contribution is -2.21. The van der Waals surface area contributed by atoms with Gasteiger partial charge in [0.25, 0.3) is 0 Å². The number of ether oxygens (including phenoxy) is 1. The van der Waals surface area contributed by atoms with Crippen LogP contribution in [-0.2, 0) is 16.1 Å². The standard InChI is InChI=1S/C20H16FN5OS.C2HF3O2/c1-27-8-7-26-16-4-2-3-13(21)18(16)25-20(26)15-10-22-19(24-15)12-5-6-17-14(9-12)23-11-28-17;3-2(4,5)1(6)7/h2-6,9-11H,7-8H2,1H3,(H,22,24);(H,6,7). The molecule has 182 valence electrons. The summed E-state index contributed by atoms with van der Waals surface area (Å²) in [6.45, 7) is 1.06. The van der Waals surface area contributed by atoms with Crippen molar-refractivity contribution in [1.82, 2.24) is 24.5 Å². The number of methoxy groups -OCH3 is 1. The van der Waals surface area contributed by atoms with Crippen LogP contribution in [0.1, 0.15) is 0 Å². The third-order valence-electron chi connectivity index (χ3n) is 4.91. The molecule has 0 amide bonds. The Hall–Kier alpha value is -3.84. The number of hydrogen-bond acceptors (Lipinski definition) is 6. The summed E-state index contributed by atoms with van der Waals surface area (Å²) in [4.78, 5) is 25.6. The van der Waals surface area contributed by atoms with Gasteiger partial charge in [-0.25, -0.2) is 24.1 Å². The van der Waals surface area contributed by atoms with Gasteiger partial charge in [0.2, 0.25) is 0 Å². The minimum atomic E-state index is -5.08. The van der Waals surface area contributed by atoms with E-state index in [0.717, 1.165) is 32.8 Å². The van der Waals surface area contributed by atoms with Gasteiger partial charge < -0.3 is 19.4 Å². The molecular formula is C22H17F4N5O3S. The fourth-order valence-corrected chi connectivity index (χ4v) is 3.97. The number of aromatic nitrogens is 5. The molecule has 0 bridgehead atoms. The van der Waals surface area contributed by atoms with Gasteiger partial charge in [-0.15, -0.1) is 11.3 Å². The number of rotatable bonds is 5. The lowest BCUT2D eigenvalue weighted by atomic mass is 10.2. The minimum absolute atomic E-state index is 0.341. The van der Waals surface area contributed by atoms with Crippen LogP contribution in [0.25, 0.3) is 44.2 Å². The summed E-state index contributed by atoms with van der Waals surface area (Å²) in [5, 5.41) is 7.12. The van der Waals surface area contributed by atoms with Crippen LogP contribution in [-0.4, -0.2) is 55.5 Å². The van der Waals surface area contributed by atoms with Crippen molar-refractivity contribution < 1.29 is 32.2 Å². The molecular weight excluding hydrogens is 490 g/mol. The first-order chi connectivity index (χ1) is 16.7. The number of carboxylic acid groups (broad SMARTS) is 1.